The highest BCUT2D eigenvalue weighted by Gasteiger charge is 2.09. The van der Waals surface area contributed by atoms with E-state index >= 15 is 0 Å². The molecule has 1 aromatic heterocycles. The molecule has 2 aromatic rings. The van der Waals surface area contributed by atoms with E-state index in [1.807, 2.05) is 30.3 Å². The Bertz CT molecular complexity index is 517. The van der Waals surface area contributed by atoms with E-state index in [9.17, 15) is 4.79 Å². The van der Waals surface area contributed by atoms with Crippen LogP contribution in [0.25, 0.3) is 10.9 Å². The third-order valence-electron chi connectivity index (χ3n) is 2.65. The van der Waals surface area contributed by atoms with Crippen LogP contribution in [0.2, 0.25) is 0 Å². The Labute approximate surface area is 101 Å². The normalized spacial score (nSPS) is 10.6. The van der Waals surface area contributed by atoms with Crippen molar-refractivity contribution in [3.05, 3.63) is 42.1 Å². The third-order valence-corrected chi connectivity index (χ3v) is 2.65. The largest absolute Gasteiger partial charge is 0.310 e. The quantitative estimate of drug-likeness (QED) is 0.631. The van der Waals surface area contributed by atoms with Crippen molar-refractivity contribution in [1.82, 2.24) is 10.3 Å². The lowest BCUT2D eigenvalue weighted by Crippen LogP contribution is -2.23. The van der Waals surface area contributed by atoms with Crippen molar-refractivity contribution in [2.24, 2.45) is 0 Å². The van der Waals surface area contributed by atoms with E-state index in [1.54, 1.807) is 6.20 Å². The maximum absolute atomic E-state index is 12.0. The van der Waals surface area contributed by atoms with Crippen LogP contribution in [0.1, 0.15) is 23.7 Å². The lowest BCUT2D eigenvalue weighted by atomic mass is 10.1. The topological polar surface area (TPSA) is 42.0 Å². The zero-order valence-electron chi connectivity index (χ0n) is 9.94. The minimum atomic E-state index is 0.0998. The van der Waals surface area contributed by atoms with Crippen LogP contribution < -0.4 is 5.32 Å². The Kier molecular flexibility index (Phi) is 3.83. The van der Waals surface area contributed by atoms with E-state index in [-0.39, 0.29) is 5.78 Å². The first kappa shape index (κ1) is 11.7. The molecule has 0 atom stereocenters. The maximum Gasteiger partial charge on any atom is 0.178 e. The summed E-state index contributed by atoms with van der Waals surface area (Å²) in [6.07, 6.45) is 2.75. The van der Waals surface area contributed by atoms with Gasteiger partial charge in [0.25, 0.3) is 0 Å². The van der Waals surface area contributed by atoms with E-state index in [0.717, 1.165) is 23.9 Å². The van der Waals surface area contributed by atoms with Crippen molar-refractivity contribution in [3.8, 4) is 0 Å². The van der Waals surface area contributed by atoms with Gasteiger partial charge in [-0.25, -0.2) is 0 Å². The first-order chi connectivity index (χ1) is 8.33. The van der Waals surface area contributed by atoms with Crippen molar-refractivity contribution >= 4 is 16.7 Å². The Balaban J connectivity index is 2.26. The van der Waals surface area contributed by atoms with Crippen LogP contribution in [-0.2, 0) is 0 Å². The van der Waals surface area contributed by atoms with Gasteiger partial charge >= 0.3 is 0 Å². The second kappa shape index (κ2) is 5.55. The van der Waals surface area contributed by atoms with E-state index in [0.29, 0.717) is 12.1 Å². The lowest BCUT2D eigenvalue weighted by molar-refractivity contribution is 0.0993. The van der Waals surface area contributed by atoms with Gasteiger partial charge in [-0.15, -0.1) is 0 Å². The molecule has 0 saturated heterocycles. The second-order valence-corrected chi connectivity index (χ2v) is 3.98. The fourth-order valence-corrected chi connectivity index (χ4v) is 1.80. The van der Waals surface area contributed by atoms with Gasteiger partial charge in [0, 0.05) is 17.1 Å². The molecule has 2 rings (SSSR count). The molecule has 0 bridgehead atoms. The summed E-state index contributed by atoms with van der Waals surface area (Å²) in [7, 11) is 0. The molecule has 17 heavy (non-hydrogen) atoms. The minimum absolute atomic E-state index is 0.0998. The monoisotopic (exact) mass is 228 g/mol. The van der Waals surface area contributed by atoms with Crippen LogP contribution in [0.3, 0.4) is 0 Å². The summed E-state index contributed by atoms with van der Waals surface area (Å²) < 4.78 is 0. The van der Waals surface area contributed by atoms with Crippen molar-refractivity contribution in [2.75, 3.05) is 13.1 Å². The predicted octanol–water partition coefficient (Wildman–Crippen LogP) is 2.42. The lowest BCUT2D eigenvalue weighted by Gasteiger charge is -2.05. The second-order valence-electron chi connectivity index (χ2n) is 3.98. The summed E-state index contributed by atoms with van der Waals surface area (Å²) in [5.41, 5.74) is 1.49. The Morgan fingerprint density at radius 3 is 2.94 bits per heavy atom. The fraction of sp³-hybridized carbons (Fsp3) is 0.286. The Morgan fingerprint density at radius 2 is 2.12 bits per heavy atom. The molecular weight excluding hydrogens is 212 g/mol. The molecule has 0 spiro atoms. The van der Waals surface area contributed by atoms with Crippen LogP contribution in [0.15, 0.2) is 36.5 Å². The zero-order valence-corrected chi connectivity index (χ0v) is 9.94. The fourth-order valence-electron chi connectivity index (χ4n) is 1.80. The van der Waals surface area contributed by atoms with Gasteiger partial charge in [0.05, 0.1) is 12.1 Å². The van der Waals surface area contributed by atoms with Crippen molar-refractivity contribution in [2.45, 2.75) is 13.3 Å². The molecule has 0 aliphatic rings. The van der Waals surface area contributed by atoms with Crippen molar-refractivity contribution < 1.29 is 4.79 Å². The van der Waals surface area contributed by atoms with Crippen molar-refractivity contribution in [1.29, 1.82) is 0 Å². The Hall–Kier alpha value is -1.74. The van der Waals surface area contributed by atoms with Gasteiger partial charge in [-0.1, -0.05) is 25.1 Å². The van der Waals surface area contributed by atoms with Gasteiger partial charge in [-0.05, 0) is 25.1 Å². The molecule has 0 radical (unpaired) electrons. The van der Waals surface area contributed by atoms with Crippen LogP contribution in [0.5, 0.6) is 0 Å². The first-order valence-corrected chi connectivity index (χ1v) is 5.90. The molecule has 1 aromatic carbocycles. The molecule has 0 aliphatic heterocycles. The van der Waals surface area contributed by atoms with Crippen molar-refractivity contribution in [3.63, 3.8) is 0 Å². The number of pyridine rings is 1. The summed E-state index contributed by atoms with van der Waals surface area (Å²) in [4.78, 5) is 16.3. The van der Waals surface area contributed by atoms with Gasteiger partial charge in [0.1, 0.15) is 0 Å². The summed E-state index contributed by atoms with van der Waals surface area (Å²) in [5.74, 6) is 0.0998. The molecule has 0 aliphatic carbocycles. The smallest absolute Gasteiger partial charge is 0.178 e. The number of hydrogen-bond acceptors (Lipinski definition) is 3. The molecular formula is C14H16N2O. The number of para-hydroxylation sites is 1. The number of benzene rings is 1. The Morgan fingerprint density at radius 1 is 1.29 bits per heavy atom. The number of fused-ring (bicyclic) bond motifs is 1. The molecule has 0 fully saturated rings. The van der Waals surface area contributed by atoms with Gasteiger partial charge in [-0.2, -0.15) is 0 Å². The van der Waals surface area contributed by atoms with E-state index in [2.05, 4.69) is 17.2 Å². The first-order valence-electron chi connectivity index (χ1n) is 5.90. The number of hydrogen-bond donors (Lipinski definition) is 1. The van der Waals surface area contributed by atoms with Crippen LogP contribution >= 0.6 is 0 Å². The number of carbonyl (C=O) groups is 1. The average Bonchev–Trinajstić information content (AvgIpc) is 2.38. The molecule has 0 saturated carbocycles. The number of ketones is 1. The molecule has 1 N–H and O–H groups in total. The molecule has 88 valence electrons. The molecule has 0 amide bonds. The zero-order chi connectivity index (χ0) is 12.1. The van der Waals surface area contributed by atoms with Gasteiger partial charge in [-0.3, -0.25) is 9.78 Å². The highest BCUT2D eigenvalue weighted by atomic mass is 16.1. The summed E-state index contributed by atoms with van der Waals surface area (Å²) >= 11 is 0. The SMILES string of the molecule is CCCNCC(=O)c1cccc2cccnc12. The number of carbonyl (C=O) groups excluding carboxylic acids is 1. The summed E-state index contributed by atoms with van der Waals surface area (Å²) in [6, 6.07) is 9.56. The maximum atomic E-state index is 12.0. The van der Waals surface area contributed by atoms with E-state index in [1.165, 1.54) is 0 Å². The van der Waals surface area contributed by atoms with Gasteiger partial charge < -0.3 is 5.32 Å². The highest BCUT2D eigenvalue weighted by Crippen LogP contribution is 2.15. The van der Waals surface area contributed by atoms with Crippen LogP contribution in [-0.4, -0.2) is 23.9 Å². The number of nitrogens with zero attached hydrogens (tertiary/aromatic N) is 1. The molecule has 3 heteroatoms. The van der Waals surface area contributed by atoms with Crippen LogP contribution in [0.4, 0.5) is 0 Å². The molecule has 0 unspecified atom stereocenters. The average molecular weight is 228 g/mol. The number of nitrogens with one attached hydrogen (secondary N) is 1. The number of rotatable bonds is 5. The van der Waals surface area contributed by atoms with Gasteiger partial charge in [0.15, 0.2) is 5.78 Å². The van der Waals surface area contributed by atoms with Gasteiger partial charge in [0.2, 0.25) is 0 Å². The minimum Gasteiger partial charge on any atom is -0.310 e. The molecule has 3 nitrogen and oxygen atoms in total. The summed E-state index contributed by atoms with van der Waals surface area (Å²) in [6.45, 7) is 3.32. The highest BCUT2D eigenvalue weighted by molar-refractivity contribution is 6.07. The summed E-state index contributed by atoms with van der Waals surface area (Å²) in [5, 5.41) is 4.13. The third kappa shape index (κ3) is 2.68. The standard InChI is InChI=1S/C14H16N2O/c1-2-8-15-10-13(17)12-7-3-5-11-6-4-9-16-14(11)12/h3-7,9,15H,2,8,10H2,1H3. The molecule has 1 heterocycles. The van der Waals surface area contributed by atoms with E-state index in [4.69, 9.17) is 0 Å². The van der Waals surface area contributed by atoms with Crippen LogP contribution in [0, 0.1) is 0 Å². The number of aromatic nitrogens is 1. The predicted molar refractivity (Wildman–Crippen MR) is 69.2 cm³/mol. The number of Topliss-reactive ketones (excluding diaryl/α,β-unsaturated/α-hetero) is 1. The van der Waals surface area contributed by atoms with E-state index < -0.39 is 0 Å².